The Labute approximate surface area is 147 Å². The van der Waals surface area contributed by atoms with Gasteiger partial charge in [0.25, 0.3) is 5.91 Å². The maximum Gasteiger partial charge on any atom is 0.257 e. The molecular formula is C18H22N4O3. The molecular weight excluding hydrogens is 320 g/mol. The molecule has 1 aliphatic heterocycles. The van der Waals surface area contributed by atoms with E-state index in [0.717, 1.165) is 24.6 Å². The molecule has 0 saturated carbocycles. The van der Waals surface area contributed by atoms with Gasteiger partial charge in [0.05, 0.1) is 19.8 Å². The number of nitrogens with zero attached hydrogens (tertiary/aromatic N) is 4. The number of rotatable bonds is 4. The molecule has 2 aromatic rings. The molecule has 132 valence electrons. The van der Waals surface area contributed by atoms with E-state index in [1.807, 2.05) is 17.9 Å². The monoisotopic (exact) mass is 342 g/mol. The van der Waals surface area contributed by atoms with Gasteiger partial charge in [0.2, 0.25) is 0 Å². The van der Waals surface area contributed by atoms with Crippen LogP contribution in [0.5, 0.6) is 11.5 Å². The maximum atomic E-state index is 12.8. The van der Waals surface area contributed by atoms with E-state index in [2.05, 4.69) is 14.9 Å². The lowest BCUT2D eigenvalue weighted by molar-refractivity contribution is 0.0743. The summed E-state index contributed by atoms with van der Waals surface area (Å²) in [6.45, 7) is 4.69. The Morgan fingerprint density at radius 2 is 1.80 bits per heavy atom. The average Bonchev–Trinajstić information content (AvgIpc) is 2.67. The van der Waals surface area contributed by atoms with E-state index in [4.69, 9.17) is 9.47 Å². The van der Waals surface area contributed by atoms with Crippen LogP contribution in [0.25, 0.3) is 0 Å². The Bertz CT molecular complexity index is 758. The van der Waals surface area contributed by atoms with Crippen molar-refractivity contribution in [2.75, 3.05) is 45.3 Å². The molecule has 25 heavy (non-hydrogen) atoms. The third-order valence-corrected chi connectivity index (χ3v) is 4.32. The van der Waals surface area contributed by atoms with Crippen LogP contribution in [0.15, 0.2) is 30.6 Å². The number of ether oxygens (including phenoxy) is 2. The minimum absolute atomic E-state index is 0.0296. The number of hydrogen-bond donors (Lipinski definition) is 0. The van der Waals surface area contributed by atoms with Gasteiger partial charge in [-0.15, -0.1) is 0 Å². The zero-order chi connectivity index (χ0) is 17.8. The van der Waals surface area contributed by atoms with E-state index in [9.17, 15) is 4.79 Å². The number of anilines is 1. The molecule has 0 N–H and O–H groups in total. The Morgan fingerprint density at radius 3 is 2.44 bits per heavy atom. The first kappa shape index (κ1) is 17.0. The molecule has 3 rings (SSSR count). The molecule has 1 fully saturated rings. The van der Waals surface area contributed by atoms with E-state index < -0.39 is 0 Å². The van der Waals surface area contributed by atoms with Crippen LogP contribution in [0.3, 0.4) is 0 Å². The minimum Gasteiger partial charge on any atom is -0.497 e. The number of hydrogen-bond acceptors (Lipinski definition) is 6. The van der Waals surface area contributed by atoms with Crippen LogP contribution in [0.1, 0.15) is 16.1 Å². The van der Waals surface area contributed by atoms with E-state index in [1.54, 1.807) is 38.7 Å². The number of methoxy groups -OCH3 is 2. The highest BCUT2D eigenvalue weighted by Gasteiger charge is 2.25. The van der Waals surface area contributed by atoms with Crippen LogP contribution < -0.4 is 14.4 Å². The number of carbonyl (C=O) groups is 1. The Hall–Kier alpha value is -2.83. The third kappa shape index (κ3) is 3.65. The van der Waals surface area contributed by atoms with Crippen molar-refractivity contribution in [3.8, 4) is 11.5 Å². The van der Waals surface area contributed by atoms with E-state index >= 15 is 0 Å². The van der Waals surface area contributed by atoms with Crippen LogP contribution in [-0.2, 0) is 0 Å². The van der Waals surface area contributed by atoms with E-state index in [0.29, 0.717) is 30.2 Å². The Kier molecular flexibility index (Phi) is 5.02. The van der Waals surface area contributed by atoms with Crippen molar-refractivity contribution in [3.63, 3.8) is 0 Å². The smallest absolute Gasteiger partial charge is 0.257 e. The predicted octanol–water partition coefficient (Wildman–Crippen LogP) is 1.76. The second-order valence-corrected chi connectivity index (χ2v) is 5.86. The fourth-order valence-electron chi connectivity index (χ4n) is 2.90. The normalized spacial score (nSPS) is 14.4. The summed E-state index contributed by atoms with van der Waals surface area (Å²) in [5, 5.41) is 0. The number of carbonyl (C=O) groups excluding carboxylic acids is 1. The van der Waals surface area contributed by atoms with Gasteiger partial charge in [-0.25, -0.2) is 9.97 Å². The molecule has 1 aromatic carbocycles. The van der Waals surface area contributed by atoms with Gasteiger partial charge in [0.15, 0.2) is 0 Å². The van der Waals surface area contributed by atoms with Crippen molar-refractivity contribution in [3.05, 3.63) is 41.9 Å². The summed E-state index contributed by atoms with van der Waals surface area (Å²) in [4.78, 5) is 25.3. The summed E-state index contributed by atoms with van der Waals surface area (Å²) in [5.41, 5.74) is 1.49. The highest BCUT2D eigenvalue weighted by atomic mass is 16.5. The first-order valence-corrected chi connectivity index (χ1v) is 8.17. The van der Waals surface area contributed by atoms with Crippen molar-refractivity contribution in [1.29, 1.82) is 0 Å². The third-order valence-electron chi connectivity index (χ3n) is 4.32. The van der Waals surface area contributed by atoms with Gasteiger partial charge in [-0.1, -0.05) is 0 Å². The largest absolute Gasteiger partial charge is 0.497 e. The van der Waals surface area contributed by atoms with Crippen molar-refractivity contribution in [2.45, 2.75) is 6.92 Å². The first-order chi connectivity index (χ1) is 12.1. The molecule has 1 aliphatic rings. The maximum absolute atomic E-state index is 12.8. The van der Waals surface area contributed by atoms with Crippen molar-refractivity contribution >= 4 is 11.7 Å². The molecule has 0 atom stereocenters. The summed E-state index contributed by atoms with van der Waals surface area (Å²) in [6.07, 6.45) is 1.57. The van der Waals surface area contributed by atoms with Crippen LogP contribution in [0, 0.1) is 6.92 Å². The van der Waals surface area contributed by atoms with Crippen LogP contribution >= 0.6 is 0 Å². The SMILES string of the molecule is COc1ccc(C(=O)N2CCN(c3cc(C)ncn3)CC2)c(OC)c1. The Morgan fingerprint density at radius 1 is 1.04 bits per heavy atom. The molecule has 0 bridgehead atoms. The van der Waals surface area contributed by atoms with Gasteiger partial charge in [0.1, 0.15) is 23.6 Å². The van der Waals surface area contributed by atoms with Gasteiger partial charge < -0.3 is 19.3 Å². The summed E-state index contributed by atoms with van der Waals surface area (Å²) in [5.74, 6) is 2.07. The van der Waals surface area contributed by atoms with E-state index in [-0.39, 0.29) is 5.91 Å². The first-order valence-electron chi connectivity index (χ1n) is 8.17. The number of aryl methyl sites for hydroxylation is 1. The fraction of sp³-hybridized carbons (Fsp3) is 0.389. The van der Waals surface area contributed by atoms with Crippen LogP contribution in [0.2, 0.25) is 0 Å². The van der Waals surface area contributed by atoms with Gasteiger partial charge in [0, 0.05) is 44.0 Å². The molecule has 0 unspecified atom stereocenters. The number of aromatic nitrogens is 2. The van der Waals surface area contributed by atoms with E-state index in [1.165, 1.54) is 0 Å². The molecule has 2 heterocycles. The van der Waals surface area contributed by atoms with Crippen molar-refractivity contribution < 1.29 is 14.3 Å². The fourth-order valence-corrected chi connectivity index (χ4v) is 2.90. The quantitative estimate of drug-likeness (QED) is 0.843. The molecule has 1 amide bonds. The lowest BCUT2D eigenvalue weighted by Crippen LogP contribution is -2.49. The van der Waals surface area contributed by atoms with Crippen molar-refractivity contribution in [1.82, 2.24) is 14.9 Å². The summed E-state index contributed by atoms with van der Waals surface area (Å²) < 4.78 is 10.5. The van der Waals surface area contributed by atoms with Gasteiger partial charge in [-0.3, -0.25) is 4.79 Å². The molecule has 0 aliphatic carbocycles. The van der Waals surface area contributed by atoms with Gasteiger partial charge >= 0.3 is 0 Å². The van der Waals surface area contributed by atoms with Crippen LogP contribution in [-0.4, -0.2) is 61.2 Å². The lowest BCUT2D eigenvalue weighted by Gasteiger charge is -2.35. The number of piperazine rings is 1. The average molecular weight is 342 g/mol. The second-order valence-electron chi connectivity index (χ2n) is 5.86. The summed E-state index contributed by atoms with van der Waals surface area (Å²) >= 11 is 0. The predicted molar refractivity (Wildman–Crippen MR) is 94.4 cm³/mol. The van der Waals surface area contributed by atoms with Gasteiger partial charge in [-0.2, -0.15) is 0 Å². The van der Waals surface area contributed by atoms with Gasteiger partial charge in [-0.05, 0) is 19.1 Å². The van der Waals surface area contributed by atoms with Crippen LogP contribution in [0.4, 0.5) is 5.82 Å². The standard InChI is InChI=1S/C18H22N4O3/c1-13-10-17(20-12-19-13)21-6-8-22(9-7-21)18(23)15-5-4-14(24-2)11-16(15)25-3/h4-5,10-12H,6-9H2,1-3H3. The molecule has 1 saturated heterocycles. The molecule has 7 nitrogen and oxygen atoms in total. The zero-order valence-corrected chi connectivity index (χ0v) is 14.7. The highest BCUT2D eigenvalue weighted by molar-refractivity contribution is 5.97. The lowest BCUT2D eigenvalue weighted by atomic mass is 10.1. The molecule has 7 heteroatoms. The van der Waals surface area contributed by atoms with Crippen molar-refractivity contribution in [2.24, 2.45) is 0 Å². The zero-order valence-electron chi connectivity index (χ0n) is 14.7. The summed E-state index contributed by atoms with van der Waals surface area (Å²) in [6, 6.07) is 7.22. The second kappa shape index (κ2) is 7.38. The summed E-state index contributed by atoms with van der Waals surface area (Å²) in [7, 11) is 3.14. The Balaban J connectivity index is 1.69. The molecule has 0 spiro atoms. The number of benzene rings is 1. The number of amides is 1. The topological polar surface area (TPSA) is 67.8 Å². The highest BCUT2D eigenvalue weighted by Crippen LogP contribution is 2.26. The molecule has 1 aromatic heterocycles. The minimum atomic E-state index is -0.0296. The molecule has 0 radical (unpaired) electrons.